The van der Waals surface area contributed by atoms with Gasteiger partial charge in [0.05, 0.1) is 10.6 Å². The smallest absolute Gasteiger partial charge is 0.264 e. The molecular weight excluding hydrogens is 485 g/mol. The van der Waals surface area contributed by atoms with Crippen molar-refractivity contribution in [1.82, 2.24) is 4.90 Å². The lowest BCUT2D eigenvalue weighted by molar-refractivity contribution is -0.114. The van der Waals surface area contributed by atoms with E-state index >= 15 is 0 Å². The van der Waals surface area contributed by atoms with E-state index < -0.39 is 0 Å². The van der Waals surface area contributed by atoms with Gasteiger partial charge in [0.25, 0.3) is 11.8 Å². The largest absolute Gasteiger partial charge is 0.368 e. The average molecular weight is 508 g/mol. The SMILES string of the molecule is CN1C(=O)/C(=C/c2cccc(Cl)c2)Sc2ccc(C(=O)N3CCN(c4ccc(F)cc4)CC3)cc21. The van der Waals surface area contributed by atoms with Gasteiger partial charge in [0, 0.05) is 54.4 Å². The molecule has 0 radical (unpaired) electrons. The van der Waals surface area contributed by atoms with Gasteiger partial charge in [-0.2, -0.15) is 0 Å². The highest BCUT2D eigenvalue weighted by atomic mass is 35.5. The van der Waals surface area contributed by atoms with Gasteiger partial charge < -0.3 is 14.7 Å². The number of likely N-dealkylation sites (N-methyl/N-ethyl adjacent to an activating group) is 1. The summed E-state index contributed by atoms with van der Waals surface area (Å²) in [7, 11) is 1.72. The second kappa shape index (κ2) is 9.76. The van der Waals surface area contributed by atoms with Crippen LogP contribution in [0.4, 0.5) is 15.8 Å². The maximum atomic E-state index is 13.2. The Morgan fingerprint density at radius 1 is 1.00 bits per heavy atom. The van der Waals surface area contributed by atoms with Crippen molar-refractivity contribution in [3.8, 4) is 0 Å². The van der Waals surface area contributed by atoms with Crippen molar-refractivity contribution in [2.45, 2.75) is 4.90 Å². The number of carbonyl (C=O) groups is 2. The molecule has 5 nitrogen and oxygen atoms in total. The Balaban J connectivity index is 1.30. The van der Waals surface area contributed by atoms with Gasteiger partial charge in [-0.15, -0.1) is 0 Å². The van der Waals surface area contributed by atoms with Crippen molar-refractivity contribution < 1.29 is 14.0 Å². The second-order valence-electron chi connectivity index (χ2n) is 8.47. The minimum Gasteiger partial charge on any atom is -0.368 e. The first kappa shape index (κ1) is 23.5. The van der Waals surface area contributed by atoms with Crippen LogP contribution < -0.4 is 9.80 Å². The van der Waals surface area contributed by atoms with E-state index in [1.54, 1.807) is 36.2 Å². The zero-order chi connectivity index (χ0) is 24.5. The number of piperazine rings is 1. The third kappa shape index (κ3) is 4.92. The average Bonchev–Trinajstić information content (AvgIpc) is 2.87. The van der Waals surface area contributed by atoms with E-state index in [1.807, 2.05) is 41.3 Å². The van der Waals surface area contributed by atoms with Gasteiger partial charge in [-0.3, -0.25) is 9.59 Å². The molecule has 1 saturated heterocycles. The normalized spacial score (nSPS) is 17.1. The van der Waals surface area contributed by atoms with Gasteiger partial charge in [0.1, 0.15) is 5.82 Å². The number of hydrogen-bond acceptors (Lipinski definition) is 4. The minimum atomic E-state index is -0.260. The van der Waals surface area contributed by atoms with Gasteiger partial charge in [-0.1, -0.05) is 35.5 Å². The number of rotatable bonds is 3. The molecule has 8 heteroatoms. The molecule has 0 saturated carbocycles. The van der Waals surface area contributed by atoms with Crippen molar-refractivity contribution in [2.24, 2.45) is 0 Å². The minimum absolute atomic E-state index is 0.0577. The van der Waals surface area contributed by atoms with Crippen molar-refractivity contribution in [3.05, 3.63) is 93.6 Å². The molecule has 3 aromatic rings. The maximum Gasteiger partial charge on any atom is 0.264 e. The Hall–Kier alpha value is -3.29. The van der Waals surface area contributed by atoms with Crippen LogP contribution in [0.3, 0.4) is 0 Å². The molecule has 5 rings (SSSR count). The summed E-state index contributed by atoms with van der Waals surface area (Å²) >= 11 is 7.47. The van der Waals surface area contributed by atoms with Crippen LogP contribution in [0.2, 0.25) is 5.02 Å². The third-order valence-corrected chi connectivity index (χ3v) is 7.52. The molecule has 0 unspecified atom stereocenters. The number of halogens is 2. The summed E-state index contributed by atoms with van der Waals surface area (Å²) in [5.74, 6) is -0.443. The summed E-state index contributed by atoms with van der Waals surface area (Å²) in [5.41, 5.74) is 3.09. The Morgan fingerprint density at radius 3 is 2.46 bits per heavy atom. The fourth-order valence-electron chi connectivity index (χ4n) is 4.28. The van der Waals surface area contributed by atoms with Gasteiger partial charge in [0.15, 0.2) is 0 Å². The first-order valence-electron chi connectivity index (χ1n) is 11.3. The van der Waals surface area contributed by atoms with Crippen LogP contribution in [0.15, 0.2) is 76.5 Å². The highest BCUT2D eigenvalue weighted by Crippen LogP contribution is 2.42. The number of benzene rings is 3. The lowest BCUT2D eigenvalue weighted by Crippen LogP contribution is -2.48. The Labute approximate surface area is 212 Å². The lowest BCUT2D eigenvalue weighted by atomic mass is 10.1. The zero-order valence-corrected chi connectivity index (χ0v) is 20.7. The van der Waals surface area contributed by atoms with E-state index in [0.29, 0.717) is 41.7 Å². The van der Waals surface area contributed by atoms with Crippen LogP contribution in [0.25, 0.3) is 6.08 Å². The molecule has 0 aromatic heterocycles. The number of carbonyl (C=O) groups excluding carboxylic acids is 2. The standard InChI is InChI=1S/C27H23ClFN3O2S/c1-30-23-17-19(26(33)32-13-11-31(12-14-32)22-8-6-21(29)7-9-22)5-10-24(23)35-25(27(30)34)16-18-3-2-4-20(28)15-18/h2-10,15-17H,11-14H2,1H3/b25-16-. The molecule has 0 atom stereocenters. The zero-order valence-electron chi connectivity index (χ0n) is 19.1. The number of fused-ring (bicyclic) bond motifs is 1. The number of hydrogen-bond donors (Lipinski definition) is 0. The van der Waals surface area contributed by atoms with Crippen molar-refractivity contribution in [2.75, 3.05) is 43.0 Å². The molecule has 2 amide bonds. The summed E-state index contributed by atoms with van der Waals surface area (Å²) in [5, 5.41) is 0.614. The molecule has 0 bridgehead atoms. The molecule has 2 aliphatic heterocycles. The quantitative estimate of drug-likeness (QED) is 0.436. The molecule has 3 aromatic carbocycles. The first-order valence-corrected chi connectivity index (χ1v) is 12.5. The van der Waals surface area contributed by atoms with E-state index in [1.165, 1.54) is 23.9 Å². The third-order valence-electron chi connectivity index (χ3n) is 6.21. The highest BCUT2D eigenvalue weighted by molar-refractivity contribution is 8.04. The van der Waals surface area contributed by atoms with E-state index in [-0.39, 0.29) is 17.6 Å². The molecule has 178 valence electrons. The number of amides is 2. The van der Waals surface area contributed by atoms with Crippen LogP contribution in [-0.4, -0.2) is 49.9 Å². The van der Waals surface area contributed by atoms with E-state index in [2.05, 4.69) is 4.90 Å². The van der Waals surface area contributed by atoms with Crippen LogP contribution >= 0.6 is 23.4 Å². The van der Waals surface area contributed by atoms with Crippen molar-refractivity contribution in [3.63, 3.8) is 0 Å². The molecule has 0 aliphatic carbocycles. The summed E-state index contributed by atoms with van der Waals surface area (Å²) < 4.78 is 13.2. The Kier molecular flexibility index (Phi) is 6.54. The second-order valence-corrected chi connectivity index (χ2v) is 9.99. The van der Waals surface area contributed by atoms with E-state index in [9.17, 15) is 14.0 Å². The molecule has 2 aliphatic rings. The van der Waals surface area contributed by atoms with Crippen LogP contribution in [0.5, 0.6) is 0 Å². The summed E-state index contributed by atoms with van der Waals surface area (Å²) in [6.45, 7) is 2.50. The Morgan fingerprint density at radius 2 is 1.74 bits per heavy atom. The van der Waals surface area contributed by atoms with Gasteiger partial charge >= 0.3 is 0 Å². The monoisotopic (exact) mass is 507 g/mol. The molecule has 2 heterocycles. The van der Waals surface area contributed by atoms with Gasteiger partial charge in [0.2, 0.25) is 0 Å². The van der Waals surface area contributed by atoms with Gasteiger partial charge in [-0.25, -0.2) is 4.39 Å². The van der Waals surface area contributed by atoms with E-state index in [0.717, 1.165) is 21.8 Å². The predicted octanol–water partition coefficient (Wildman–Crippen LogP) is 5.55. The molecular formula is C27H23ClFN3O2S. The van der Waals surface area contributed by atoms with Crippen molar-refractivity contribution in [1.29, 1.82) is 0 Å². The number of anilines is 2. The van der Waals surface area contributed by atoms with Crippen LogP contribution in [0, 0.1) is 5.82 Å². The summed E-state index contributed by atoms with van der Waals surface area (Å²) in [6, 6.07) is 19.3. The summed E-state index contributed by atoms with van der Waals surface area (Å²) in [6.07, 6.45) is 1.83. The summed E-state index contributed by atoms with van der Waals surface area (Å²) in [4.78, 5) is 33.3. The highest BCUT2D eigenvalue weighted by Gasteiger charge is 2.29. The van der Waals surface area contributed by atoms with E-state index in [4.69, 9.17) is 11.6 Å². The molecule has 0 spiro atoms. The van der Waals surface area contributed by atoms with Crippen LogP contribution in [-0.2, 0) is 4.79 Å². The number of nitrogens with zero attached hydrogens (tertiary/aromatic N) is 3. The van der Waals surface area contributed by atoms with Crippen molar-refractivity contribution >= 4 is 52.6 Å². The van der Waals surface area contributed by atoms with Crippen LogP contribution in [0.1, 0.15) is 15.9 Å². The van der Waals surface area contributed by atoms with Gasteiger partial charge in [-0.05, 0) is 66.2 Å². The fourth-order valence-corrected chi connectivity index (χ4v) is 5.57. The maximum absolute atomic E-state index is 13.2. The Bertz CT molecular complexity index is 1320. The molecule has 0 N–H and O–H groups in total. The molecule has 35 heavy (non-hydrogen) atoms. The predicted molar refractivity (Wildman–Crippen MR) is 140 cm³/mol. The lowest BCUT2D eigenvalue weighted by Gasteiger charge is -2.36. The number of thioether (sulfide) groups is 1. The topological polar surface area (TPSA) is 43.9 Å². The molecule has 1 fully saturated rings. The fraction of sp³-hybridized carbons (Fsp3) is 0.185. The first-order chi connectivity index (χ1) is 16.9.